The highest BCUT2D eigenvalue weighted by Gasteiger charge is 2.33. The molecule has 3 aromatic carbocycles. The van der Waals surface area contributed by atoms with Gasteiger partial charge in [-0.05, 0) is 72.6 Å². The summed E-state index contributed by atoms with van der Waals surface area (Å²) in [7, 11) is 1.62. The molecule has 3 fully saturated rings. The van der Waals surface area contributed by atoms with Gasteiger partial charge in [-0.3, -0.25) is 24.4 Å². The highest BCUT2D eigenvalue weighted by molar-refractivity contribution is 6.06. The summed E-state index contributed by atoms with van der Waals surface area (Å²) in [6.07, 6.45) is 0.309. The molecule has 0 atom stereocenters. The minimum atomic E-state index is -0.266. The van der Waals surface area contributed by atoms with E-state index in [0.717, 1.165) is 93.7 Å². The first-order chi connectivity index (χ1) is 21.9. The number of carbonyl (C=O) groups is 2. The molecule has 0 aromatic heterocycles. The molecule has 10 nitrogen and oxygen atoms in total. The number of hydrogen-bond donors (Lipinski definition) is 1. The van der Waals surface area contributed by atoms with Crippen molar-refractivity contribution in [1.82, 2.24) is 14.7 Å². The normalized spacial score (nSPS) is 18.5. The summed E-state index contributed by atoms with van der Waals surface area (Å²) in [5.41, 5.74) is 11.9. The standard InChI is InChI=1S/C35H45N7O3/c1-27-25-31(9-12-33(27)41-14-13-34(43)42(35(41)44)26-28-3-10-32(45-2)11-4-28)40-23-19-38(20-24-40)16-15-37-17-21-39(22-18-37)30-7-5-29(36)6-8-30/h3-12,25H,13-24,26,36H2,1-2H3. The minimum absolute atomic E-state index is 0.139. The molecular weight excluding hydrogens is 566 g/mol. The van der Waals surface area contributed by atoms with Crippen molar-refractivity contribution in [2.45, 2.75) is 19.9 Å². The molecular formula is C35H45N7O3. The van der Waals surface area contributed by atoms with E-state index in [1.165, 1.54) is 16.3 Å². The number of hydrogen-bond acceptors (Lipinski definition) is 8. The molecule has 0 spiro atoms. The van der Waals surface area contributed by atoms with Crippen LogP contribution in [0.3, 0.4) is 0 Å². The zero-order valence-corrected chi connectivity index (χ0v) is 26.5. The van der Waals surface area contributed by atoms with Crippen LogP contribution in [0.25, 0.3) is 0 Å². The monoisotopic (exact) mass is 611 g/mol. The summed E-state index contributed by atoms with van der Waals surface area (Å²) in [5.74, 6) is 0.605. The molecule has 0 bridgehead atoms. The molecule has 3 aromatic rings. The maximum atomic E-state index is 13.5. The smallest absolute Gasteiger partial charge is 0.331 e. The molecule has 3 aliphatic heterocycles. The summed E-state index contributed by atoms with van der Waals surface area (Å²) in [5, 5.41) is 0. The van der Waals surface area contributed by atoms with Gasteiger partial charge in [0.2, 0.25) is 5.91 Å². The minimum Gasteiger partial charge on any atom is -0.497 e. The number of imide groups is 1. The molecule has 10 heteroatoms. The van der Waals surface area contributed by atoms with Crippen LogP contribution in [0.5, 0.6) is 5.75 Å². The molecule has 3 amide bonds. The highest BCUT2D eigenvalue weighted by atomic mass is 16.5. The summed E-state index contributed by atoms with van der Waals surface area (Å²) < 4.78 is 5.23. The maximum absolute atomic E-state index is 13.5. The second-order valence-corrected chi connectivity index (χ2v) is 12.2. The summed E-state index contributed by atoms with van der Waals surface area (Å²) in [6.45, 7) is 13.2. The molecule has 0 radical (unpaired) electrons. The molecule has 3 heterocycles. The Morgan fingerprint density at radius 2 is 1.29 bits per heavy atom. The molecule has 2 N–H and O–H groups in total. The quantitative estimate of drug-likeness (QED) is 0.365. The van der Waals surface area contributed by atoms with E-state index in [1.54, 1.807) is 12.0 Å². The summed E-state index contributed by atoms with van der Waals surface area (Å²) in [4.78, 5) is 39.4. The lowest BCUT2D eigenvalue weighted by atomic mass is 10.1. The third-order valence-corrected chi connectivity index (χ3v) is 9.38. The zero-order chi connectivity index (χ0) is 31.3. The second-order valence-electron chi connectivity index (χ2n) is 12.2. The number of nitrogens with two attached hydrogens (primary N) is 1. The Kier molecular flexibility index (Phi) is 9.42. The first-order valence-corrected chi connectivity index (χ1v) is 16.0. The number of urea groups is 1. The fourth-order valence-electron chi connectivity index (χ4n) is 6.55. The van der Waals surface area contributed by atoms with Crippen molar-refractivity contribution in [3.8, 4) is 5.75 Å². The van der Waals surface area contributed by atoms with Crippen LogP contribution in [-0.4, -0.2) is 106 Å². The van der Waals surface area contributed by atoms with Gasteiger partial charge in [0, 0.05) is 101 Å². The van der Waals surface area contributed by atoms with E-state index < -0.39 is 0 Å². The average molecular weight is 612 g/mol. The lowest BCUT2D eigenvalue weighted by molar-refractivity contribution is -0.129. The first kappa shape index (κ1) is 30.7. The topological polar surface area (TPSA) is 88.8 Å². The van der Waals surface area contributed by atoms with Crippen molar-refractivity contribution in [1.29, 1.82) is 0 Å². The number of benzene rings is 3. The average Bonchev–Trinajstić information content (AvgIpc) is 3.07. The third kappa shape index (κ3) is 7.18. The Morgan fingerprint density at radius 3 is 1.87 bits per heavy atom. The lowest BCUT2D eigenvalue weighted by Crippen LogP contribution is -2.52. The van der Waals surface area contributed by atoms with Crippen LogP contribution in [-0.2, 0) is 11.3 Å². The van der Waals surface area contributed by atoms with Gasteiger partial charge in [-0.25, -0.2) is 4.79 Å². The molecule has 45 heavy (non-hydrogen) atoms. The molecule has 3 aliphatic rings. The van der Waals surface area contributed by atoms with Crippen molar-refractivity contribution in [2.24, 2.45) is 0 Å². The predicted molar refractivity (Wildman–Crippen MR) is 180 cm³/mol. The zero-order valence-electron chi connectivity index (χ0n) is 26.5. The Morgan fingerprint density at radius 1 is 0.711 bits per heavy atom. The van der Waals surface area contributed by atoms with Crippen LogP contribution in [0.15, 0.2) is 66.7 Å². The molecule has 238 valence electrons. The number of anilines is 4. The number of piperazine rings is 2. The van der Waals surface area contributed by atoms with Gasteiger partial charge in [0.05, 0.1) is 13.7 Å². The second kappa shape index (κ2) is 13.8. The van der Waals surface area contributed by atoms with E-state index >= 15 is 0 Å². The number of methoxy groups -OCH3 is 1. The maximum Gasteiger partial charge on any atom is 0.331 e. The van der Waals surface area contributed by atoms with Gasteiger partial charge < -0.3 is 20.3 Å². The van der Waals surface area contributed by atoms with Crippen molar-refractivity contribution >= 4 is 34.7 Å². The van der Waals surface area contributed by atoms with Gasteiger partial charge in [0.25, 0.3) is 0 Å². The SMILES string of the molecule is COc1ccc(CN2C(=O)CCN(c3ccc(N4CCN(CCN5CCN(c6ccc(N)cc6)CC5)CC4)cc3C)C2=O)cc1. The molecule has 6 rings (SSSR count). The molecule has 0 saturated carbocycles. The van der Waals surface area contributed by atoms with Crippen LogP contribution in [0.2, 0.25) is 0 Å². The van der Waals surface area contributed by atoms with Gasteiger partial charge in [-0.15, -0.1) is 0 Å². The Hall–Kier alpha value is -4.28. The van der Waals surface area contributed by atoms with Gasteiger partial charge in [0.15, 0.2) is 0 Å². The number of carbonyl (C=O) groups excluding carboxylic acids is 2. The van der Waals surface area contributed by atoms with Crippen molar-refractivity contribution in [3.63, 3.8) is 0 Å². The highest BCUT2D eigenvalue weighted by Crippen LogP contribution is 2.30. The van der Waals surface area contributed by atoms with Crippen LogP contribution < -0.4 is 25.2 Å². The van der Waals surface area contributed by atoms with Crippen molar-refractivity contribution in [3.05, 3.63) is 77.9 Å². The van der Waals surface area contributed by atoms with Crippen molar-refractivity contribution in [2.75, 3.05) is 99.5 Å². The predicted octanol–water partition coefficient (Wildman–Crippen LogP) is 3.89. The lowest BCUT2D eigenvalue weighted by Gasteiger charge is -2.39. The number of nitrogen functional groups attached to an aromatic ring is 1. The van der Waals surface area contributed by atoms with Gasteiger partial charge >= 0.3 is 6.03 Å². The largest absolute Gasteiger partial charge is 0.497 e. The van der Waals surface area contributed by atoms with E-state index in [4.69, 9.17) is 10.5 Å². The van der Waals surface area contributed by atoms with E-state index in [9.17, 15) is 9.59 Å². The first-order valence-electron chi connectivity index (χ1n) is 16.0. The number of amides is 3. The molecule has 0 aliphatic carbocycles. The van der Waals surface area contributed by atoms with Gasteiger partial charge in [-0.2, -0.15) is 0 Å². The van der Waals surface area contributed by atoms with E-state index in [0.29, 0.717) is 13.0 Å². The number of rotatable bonds is 9. The van der Waals surface area contributed by atoms with E-state index in [-0.39, 0.29) is 18.5 Å². The molecule has 3 saturated heterocycles. The molecule has 0 unspecified atom stereocenters. The van der Waals surface area contributed by atoms with Crippen LogP contribution >= 0.6 is 0 Å². The van der Waals surface area contributed by atoms with Crippen LogP contribution in [0.4, 0.5) is 27.5 Å². The summed E-state index contributed by atoms with van der Waals surface area (Å²) >= 11 is 0. The third-order valence-electron chi connectivity index (χ3n) is 9.38. The van der Waals surface area contributed by atoms with Gasteiger partial charge in [0.1, 0.15) is 5.75 Å². The fraction of sp³-hybridized carbons (Fsp3) is 0.429. The fourth-order valence-corrected chi connectivity index (χ4v) is 6.55. The Bertz CT molecular complexity index is 1460. The Labute approximate surface area is 266 Å². The van der Waals surface area contributed by atoms with E-state index in [1.807, 2.05) is 42.5 Å². The van der Waals surface area contributed by atoms with Crippen LogP contribution in [0.1, 0.15) is 17.5 Å². The number of nitrogens with zero attached hydrogens (tertiary/aromatic N) is 6. The number of aryl methyl sites for hydroxylation is 1. The summed E-state index contributed by atoms with van der Waals surface area (Å²) in [6, 6.07) is 21.8. The van der Waals surface area contributed by atoms with E-state index in [2.05, 4.69) is 50.8 Å². The number of ether oxygens (including phenoxy) is 1. The van der Waals surface area contributed by atoms with Gasteiger partial charge in [-0.1, -0.05) is 12.1 Å². The van der Waals surface area contributed by atoms with Crippen molar-refractivity contribution < 1.29 is 14.3 Å². The Balaban J connectivity index is 0.981. The van der Waals surface area contributed by atoms with Crippen LogP contribution in [0, 0.1) is 6.92 Å².